The van der Waals surface area contributed by atoms with Crippen LogP contribution in [0.5, 0.6) is 0 Å². The molecular weight excluding hydrogens is 265 g/mol. The molecule has 0 saturated heterocycles. The van der Waals surface area contributed by atoms with Crippen molar-refractivity contribution >= 4 is 11.6 Å². The van der Waals surface area contributed by atoms with Crippen molar-refractivity contribution < 1.29 is 4.39 Å². The number of halogens is 1. The van der Waals surface area contributed by atoms with E-state index in [0.717, 1.165) is 31.0 Å². The zero-order valence-corrected chi connectivity index (χ0v) is 12.7. The summed E-state index contributed by atoms with van der Waals surface area (Å²) < 4.78 is 13.2. The molecule has 2 N–H and O–H groups in total. The van der Waals surface area contributed by atoms with E-state index in [2.05, 4.69) is 16.8 Å². The molecule has 0 bridgehead atoms. The van der Waals surface area contributed by atoms with Crippen molar-refractivity contribution in [3.63, 3.8) is 0 Å². The smallest absolute Gasteiger partial charge is 0.196 e. The number of hydrogen-bond acceptors (Lipinski definition) is 3. The summed E-state index contributed by atoms with van der Waals surface area (Å²) in [6.45, 7) is 3.05. The van der Waals surface area contributed by atoms with Gasteiger partial charge in [0.1, 0.15) is 5.82 Å². The van der Waals surface area contributed by atoms with Crippen molar-refractivity contribution in [1.29, 1.82) is 0 Å². The van der Waals surface area contributed by atoms with E-state index in [4.69, 9.17) is 5.73 Å². The molecule has 4 heteroatoms. The average molecular weight is 289 g/mol. The highest BCUT2D eigenvalue weighted by Crippen LogP contribution is 2.40. The Morgan fingerprint density at radius 2 is 2.05 bits per heavy atom. The van der Waals surface area contributed by atoms with Crippen LogP contribution in [0.15, 0.2) is 29.3 Å². The summed E-state index contributed by atoms with van der Waals surface area (Å²) in [4.78, 5) is 6.67. The van der Waals surface area contributed by atoms with E-state index in [9.17, 15) is 4.39 Å². The molecule has 1 spiro atoms. The summed E-state index contributed by atoms with van der Waals surface area (Å²) in [5.41, 5.74) is 7.12. The van der Waals surface area contributed by atoms with Crippen molar-refractivity contribution in [2.75, 3.05) is 11.4 Å². The topological polar surface area (TPSA) is 41.6 Å². The van der Waals surface area contributed by atoms with Crippen LogP contribution in [-0.2, 0) is 0 Å². The molecule has 0 amide bonds. The maximum atomic E-state index is 13.2. The lowest BCUT2D eigenvalue weighted by Gasteiger charge is -2.39. The minimum absolute atomic E-state index is 0.00579. The first-order chi connectivity index (χ1) is 10.1. The molecule has 1 aromatic rings. The molecule has 0 aromatic heterocycles. The van der Waals surface area contributed by atoms with Crippen LogP contribution < -0.4 is 10.6 Å². The Morgan fingerprint density at radius 3 is 2.76 bits per heavy atom. The molecule has 1 aliphatic heterocycles. The maximum absolute atomic E-state index is 13.2. The second kappa shape index (κ2) is 5.66. The van der Waals surface area contributed by atoms with Crippen LogP contribution in [-0.4, -0.2) is 18.0 Å². The largest absolute Gasteiger partial charge is 0.369 e. The molecule has 1 saturated carbocycles. The predicted molar refractivity (Wildman–Crippen MR) is 85.0 cm³/mol. The van der Waals surface area contributed by atoms with Gasteiger partial charge >= 0.3 is 0 Å². The van der Waals surface area contributed by atoms with Gasteiger partial charge in [-0.25, -0.2) is 4.39 Å². The predicted octanol–water partition coefficient (Wildman–Crippen LogP) is 3.69. The van der Waals surface area contributed by atoms with Gasteiger partial charge in [-0.05, 0) is 49.4 Å². The normalized spacial score (nSPS) is 29.5. The highest BCUT2D eigenvalue weighted by molar-refractivity contribution is 5.98. The molecule has 2 atom stereocenters. The molecule has 1 aliphatic carbocycles. The molecule has 2 aliphatic rings. The minimum Gasteiger partial charge on any atom is -0.369 e. The molecule has 21 heavy (non-hydrogen) atoms. The third-order valence-electron chi connectivity index (χ3n) is 5.17. The van der Waals surface area contributed by atoms with Crippen LogP contribution in [0.4, 0.5) is 10.1 Å². The first-order valence-electron chi connectivity index (χ1n) is 8.00. The standard InChI is InChI=1S/C17H24FN3/c1-2-13-4-3-10-17(11-9-13)12-20-16(19)21(17)15-7-5-14(18)6-8-15/h5-8,13H,2-4,9-12H2,1H3,(H2,19,20). The molecule has 2 unspecified atom stereocenters. The molecule has 3 rings (SSSR count). The molecule has 3 nitrogen and oxygen atoms in total. The summed E-state index contributed by atoms with van der Waals surface area (Å²) in [6, 6.07) is 6.63. The molecule has 114 valence electrons. The summed E-state index contributed by atoms with van der Waals surface area (Å²) in [5.74, 6) is 1.19. The van der Waals surface area contributed by atoms with Gasteiger partial charge in [-0.3, -0.25) is 4.99 Å². The molecule has 0 radical (unpaired) electrons. The van der Waals surface area contributed by atoms with Gasteiger partial charge in [-0.15, -0.1) is 0 Å². The number of rotatable bonds is 2. The Kier molecular flexibility index (Phi) is 3.87. The summed E-state index contributed by atoms with van der Waals surface area (Å²) in [6.07, 6.45) is 7.24. The Morgan fingerprint density at radius 1 is 1.29 bits per heavy atom. The second-order valence-electron chi connectivity index (χ2n) is 6.42. The van der Waals surface area contributed by atoms with E-state index < -0.39 is 0 Å². The van der Waals surface area contributed by atoms with Gasteiger partial charge in [0, 0.05) is 5.69 Å². The number of hydrogen-bond donors (Lipinski definition) is 1. The van der Waals surface area contributed by atoms with Gasteiger partial charge in [-0.1, -0.05) is 26.2 Å². The number of benzene rings is 1. The van der Waals surface area contributed by atoms with Crippen LogP contribution in [0.25, 0.3) is 0 Å². The molecular formula is C17H24FN3. The van der Waals surface area contributed by atoms with Gasteiger partial charge in [0.2, 0.25) is 0 Å². The Labute approximate surface area is 126 Å². The van der Waals surface area contributed by atoms with Crippen LogP contribution in [0.1, 0.15) is 45.4 Å². The van der Waals surface area contributed by atoms with Crippen LogP contribution in [0.2, 0.25) is 0 Å². The summed E-state index contributed by atoms with van der Waals surface area (Å²) in [7, 11) is 0. The van der Waals surface area contributed by atoms with E-state index in [1.54, 1.807) is 0 Å². The Balaban J connectivity index is 1.89. The quantitative estimate of drug-likeness (QED) is 0.902. The number of aliphatic imine (C=N–C) groups is 1. The zero-order chi connectivity index (χ0) is 14.9. The highest BCUT2D eigenvalue weighted by atomic mass is 19.1. The van der Waals surface area contributed by atoms with Crippen LogP contribution in [0, 0.1) is 11.7 Å². The van der Waals surface area contributed by atoms with Gasteiger partial charge in [0.05, 0.1) is 12.1 Å². The first kappa shape index (κ1) is 14.4. The third kappa shape index (κ3) is 2.63. The van der Waals surface area contributed by atoms with Crippen molar-refractivity contribution in [2.24, 2.45) is 16.6 Å². The maximum Gasteiger partial charge on any atom is 0.196 e. The lowest BCUT2D eigenvalue weighted by molar-refractivity contribution is 0.384. The Bertz CT molecular complexity index is 525. The van der Waals surface area contributed by atoms with Crippen LogP contribution >= 0.6 is 0 Å². The number of nitrogens with two attached hydrogens (primary N) is 1. The molecule has 1 heterocycles. The van der Waals surface area contributed by atoms with Crippen molar-refractivity contribution in [3.05, 3.63) is 30.1 Å². The SMILES string of the molecule is CCC1CCCC2(CC1)CN=C(N)N2c1ccc(F)cc1. The fraction of sp³-hybridized carbons (Fsp3) is 0.588. The van der Waals surface area contributed by atoms with Gasteiger partial charge in [0.25, 0.3) is 0 Å². The summed E-state index contributed by atoms with van der Waals surface area (Å²) >= 11 is 0. The fourth-order valence-electron chi connectivity index (χ4n) is 3.86. The number of guanidine groups is 1. The van der Waals surface area contributed by atoms with Gasteiger partial charge < -0.3 is 10.6 Å². The molecule has 1 fully saturated rings. The van der Waals surface area contributed by atoms with Gasteiger partial charge in [-0.2, -0.15) is 0 Å². The highest BCUT2D eigenvalue weighted by Gasteiger charge is 2.43. The summed E-state index contributed by atoms with van der Waals surface area (Å²) in [5, 5.41) is 0. The molecule has 1 aromatic carbocycles. The van der Waals surface area contributed by atoms with Crippen molar-refractivity contribution in [2.45, 2.75) is 51.0 Å². The lowest BCUT2D eigenvalue weighted by Crippen LogP contribution is -2.51. The zero-order valence-electron chi connectivity index (χ0n) is 12.7. The van der Waals surface area contributed by atoms with E-state index >= 15 is 0 Å². The lowest BCUT2D eigenvalue weighted by atomic mass is 9.88. The fourth-order valence-corrected chi connectivity index (χ4v) is 3.86. The van der Waals surface area contributed by atoms with E-state index in [0.29, 0.717) is 5.96 Å². The van der Waals surface area contributed by atoms with Gasteiger partial charge in [0.15, 0.2) is 5.96 Å². The Hall–Kier alpha value is -1.58. The number of anilines is 1. The second-order valence-corrected chi connectivity index (χ2v) is 6.42. The van der Waals surface area contributed by atoms with Crippen molar-refractivity contribution in [3.8, 4) is 0 Å². The minimum atomic E-state index is -0.213. The van der Waals surface area contributed by atoms with E-state index in [-0.39, 0.29) is 11.4 Å². The van der Waals surface area contributed by atoms with E-state index in [1.165, 1.54) is 37.8 Å². The monoisotopic (exact) mass is 289 g/mol. The third-order valence-corrected chi connectivity index (χ3v) is 5.17. The average Bonchev–Trinajstić information content (AvgIpc) is 2.69. The van der Waals surface area contributed by atoms with Crippen LogP contribution in [0.3, 0.4) is 0 Å². The van der Waals surface area contributed by atoms with Crippen molar-refractivity contribution in [1.82, 2.24) is 0 Å². The first-order valence-corrected chi connectivity index (χ1v) is 8.00. The number of nitrogens with zero attached hydrogens (tertiary/aromatic N) is 2. The van der Waals surface area contributed by atoms with E-state index in [1.807, 2.05) is 12.1 Å².